The zero-order chi connectivity index (χ0) is 53.4. The van der Waals surface area contributed by atoms with E-state index in [1.165, 1.54) is 0 Å². The zero-order valence-corrected chi connectivity index (χ0v) is 43.9. The average Bonchev–Trinajstić information content (AvgIpc) is 3.22. The van der Waals surface area contributed by atoms with Crippen LogP contribution in [0.5, 0.6) is 0 Å². The minimum atomic E-state index is -1.72. The Hall–Kier alpha value is -5.30. The number of nitrogens with one attached hydrogen (secondary N) is 7. The highest BCUT2D eigenvalue weighted by atomic mass is 16.5. The van der Waals surface area contributed by atoms with Crippen molar-refractivity contribution in [2.24, 2.45) is 35.5 Å². The predicted octanol–water partition coefficient (Wildman–Crippen LogP) is 3.87. The molecule has 0 aromatic heterocycles. The summed E-state index contributed by atoms with van der Waals surface area (Å²) in [7, 11) is 0. The predicted molar refractivity (Wildman–Crippen MR) is 262 cm³/mol. The van der Waals surface area contributed by atoms with Gasteiger partial charge >= 0.3 is 17.9 Å². The molecular weight excluding hydrogens is 907 g/mol. The number of carbonyl (C=O) groups is 10. The first-order chi connectivity index (χ1) is 32.6. The molecule has 0 aromatic carbocycles. The van der Waals surface area contributed by atoms with Crippen LogP contribution < -0.4 is 37.2 Å². The quantitative estimate of drug-likeness (QED) is 0.0584. The summed E-state index contributed by atoms with van der Waals surface area (Å²) in [5.41, 5.74) is 0. The molecule has 70 heavy (non-hydrogen) atoms. The van der Waals surface area contributed by atoms with Gasteiger partial charge in [-0.2, -0.15) is 0 Å². The van der Waals surface area contributed by atoms with E-state index >= 15 is 0 Å². The SMILES string of the molecule is CC(C)CCCCCCC1CC(=O)N[C@@H](CCC(=O)O)C(=O)N[C@@H](CC(C)C)C(=O)N[C@@H](CC(C)C)C(=O)N[C@@H](C(C)C)C(=O)N[C@@H](CC(=O)O)C(=O)N[C@@H](CC(C)C)C(=O)N[C@@H](CC(C)C)C(=O)O1. The van der Waals surface area contributed by atoms with Gasteiger partial charge in [0, 0.05) is 6.42 Å². The number of esters is 1. The van der Waals surface area contributed by atoms with Gasteiger partial charge in [0.15, 0.2) is 0 Å². The second-order valence-electron chi connectivity index (χ2n) is 21.4. The number of hydrogen-bond donors (Lipinski definition) is 9. The highest BCUT2D eigenvalue weighted by Gasteiger charge is 2.37. The van der Waals surface area contributed by atoms with Gasteiger partial charge in [0.05, 0.1) is 12.8 Å². The average molecular weight is 994 g/mol. The second kappa shape index (κ2) is 31.8. The van der Waals surface area contributed by atoms with Gasteiger partial charge in [-0.15, -0.1) is 0 Å². The smallest absolute Gasteiger partial charge is 0.328 e. The summed E-state index contributed by atoms with van der Waals surface area (Å²) in [6, 6.07) is -9.64. The van der Waals surface area contributed by atoms with Crippen LogP contribution in [0.1, 0.15) is 173 Å². The minimum Gasteiger partial charge on any atom is -0.481 e. The number of unbranched alkanes of at least 4 members (excludes halogenated alkanes) is 3. The molecule has 20 heteroatoms. The molecule has 1 aliphatic heterocycles. The molecule has 400 valence electrons. The van der Waals surface area contributed by atoms with Crippen LogP contribution in [-0.4, -0.2) is 118 Å². The summed E-state index contributed by atoms with van der Waals surface area (Å²) in [6.07, 6.45) is 1.45. The van der Waals surface area contributed by atoms with Crippen molar-refractivity contribution in [3.63, 3.8) is 0 Å². The molecule has 1 saturated heterocycles. The Morgan fingerprint density at radius 2 is 0.886 bits per heavy atom. The lowest BCUT2D eigenvalue weighted by Crippen LogP contribution is -2.61. The lowest BCUT2D eigenvalue weighted by atomic mass is 9.98. The van der Waals surface area contributed by atoms with Crippen LogP contribution in [0.15, 0.2) is 0 Å². The number of hydrogen-bond acceptors (Lipinski definition) is 11. The summed E-state index contributed by atoms with van der Waals surface area (Å²) >= 11 is 0. The third-order valence-electron chi connectivity index (χ3n) is 11.6. The van der Waals surface area contributed by atoms with Crippen molar-refractivity contribution in [3.8, 4) is 0 Å². The largest absolute Gasteiger partial charge is 0.481 e. The van der Waals surface area contributed by atoms with E-state index in [9.17, 15) is 58.2 Å². The molecule has 0 bridgehead atoms. The molecule has 1 heterocycles. The van der Waals surface area contributed by atoms with E-state index in [1.54, 1.807) is 55.4 Å². The van der Waals surface area contributed by atoms with E-state index in [1.807, 2.05) is 13.8 Å². The van der Waals surface area contributed by atoms with Crippen molar-refractivity contribution < 1.29 is 62.9 Å². The highest BCUT2D eigenvalue weighted by Crippen LogP contribution is 2.19. The maximum absolute atomic E-state index is 14.1. The van der Waals surface area contributed by atoms with Crippen LogP contribution in [0.4, 0.5) is 0 Å². The Kier molecular flexibility index (Phi) is 28.5. The molecule has 9 N–H and O–H groups in total. The van der Waals surface area contributed by atoms with Gasteiger partial charge in [-0.3, -0.25) is 43.2 Å². The fraction of sp³-hybridized carbons (Fsp3) is 0.800. The Morgan fingerprint density at radius 1 is 0.471 bits per heavy atom. The van der Waals surface area contributed by atoms with E-state index in [2.05, 4.69) is 51.1 Å². The van der Waals surface area contributed by atoms with Crippen LogP contribution >= 0.6 is 0 Å². The number of rotatable bonds is 21. The van der Waals surface area contributed by atoms with E-state index in [0.29, 0.717) is 12.3 Å². The van der Waals surface area contributed by atoms with E-state index in [0.717, 1.165) is 25.7 Å². The molecule has 0 aromatic rings. The molecular formula is C50H87N7O13. The molecule has 1 rings (SSSR count). The molecule has 0 aliphatic carbocycles. The molecule has 0 radical (unpaired) electrons. The molecule has 1 fully saturated rings. The van der Waals surface area contributed by atoms with Gasteiger partial charge in [0.1, 0.15) is 48.4 Å². The molecule has 7 amide bonds. The van der Waals surface area contributed by atoms with E-state index in [-0.39, 0.29) is 62.2 Å². The second-order valence-corrected chi connectivity index (χ2v) is 21.4. The maximum Gasteiger partial charge on any atom is 0.328 e. The first-order valence-corrected chi connectivity index (χ1v) is 25.3. The number of aliphatic carboxylic acids is 2. The summed E-state index contributed by atoms with van der Waals surface area (Å²) in [5, 5.41) is 37.8. The number of amides is 7. The van der Waals surface area contributed by atoms with Gasteiger partial charge in [-0.05, 0) is 80.5 Å². The number of carboxylic acid groups (broad SMARTS) is 2. The zero-order valence-electron chi connectivity index (χ0n) is 43.9. The van der Waals surface area contributed by atoms with Gasteiger partial charge in [0.2, 0.25) is 41.4 Å². The molecule has 0 spiro atoms. The van der Waals surface area contributed by atoms with Crippen molar-refractivity contribution in [2.75, 3.05) is 0 Å². The number of cyclic esters (lactones) is 1. The van der Waals surface area contributed by atoms with Crippen molar-refractivity contribution in [3.05, 3.63) is 0 Å². The number of carboxylic acids is 2. The minimum absolute atomic E-state index is 0.0383. The first kappa shape index (κ1) is 62.7. The fourth-order valence-electron chi connectivity index (χ4n) is 8.04. The number of carbonyl (C=O) groups excluding carboxylic acids is 8. The molecule has 1 unspecified atom stereocenters. The van der Waals surface area contributed by atoms with Crippen molar-refractivity contribution in [1.29, 1.82) is 0 Å². The summed E-state index contributed by atoms with van der Waals surface area (Å²) in [5.74, 6) is -10.3. The van der Waals surface area contributed by atoms with Gasteiger partial charge in [-0.25, -0.2) is 4.79 Å². The third-order valence-corrected chi connectivity index (χ3v) is 11.6. The van der Waals surface area contributed by atoms with Crippen molar-refractivity contribution in [2.45, 2.75) is 221 Å². The van der Waals surface area contributed by atoms with Crippen LogP contribution in [-0.2, 0) is 52.7 Å². The van der Waals surface area contributed by atoms with Crippen LogP contribution in [0, 0.1) is 35.5 Å². The monoisotopic (exact) mass is 994 g/mol. The highest BCUT2D eigenvalue weighted by molar-refractivity contribution is 5.98. The van der Waals surface area contributed by atoms with Crippen LogP contribution in [0.2, 0.25) is 0 Å². The third kappa shape index (κ3) is 25.5. The van der Waals surface area contributed by atoms with Gasteiger partial charge in [0.25, 0.3) is 0 Å². The van der Waals surface area contributed by atoms with E-state index in [4.69, 9.17) is 4.74 Å². The molecule has 20 nitrogen and oxygen atoms in total. The Morgan fingerprint density at radius 3 is 1.33 bits per heavy atom. The summed E-state index contributed by atoms with van der Waals surface area (Å²) in [6.45, 7) is 21.9. The summed E-state index contributed by atoms with van der Waals surface area (Å²) < 4.78 is 6.00. The van der Waals surface area contributed by atoms with Crippen LogP contribution in [0.3, 0.4) is 0 Å². The van der Waals surface area contributed by atoms with Gasteiger partial charge < -0.3 is 52.2 Å². The molecule has 1 aliphatic rings. The molecule has 0 saturated carbocycles. The van der Waals surface area contributed by atoms with E-state index < -0.39 is 133 Å². The van der Waals surface area contributed by atoms with Gasteiger partial charge in [-0.1, -0.05) is 109 Å². The Bertz CT molecular complexity index is 1750. The van der Waals surface area contributed by atoms with Crippen molar-refractivity contribution >= 4 is 59.3 Å². The fourth-order valence-corrected chi connectivity index (χ4v) is 8.04. The standard InChI is InChI=1S/C50H87N7O13/c1-27(2)17-15-13-14-16-18-33-25-40(58)51-34(19-20-41(59)60)44(63)52-35(21-28(3)4)45(64)54-37(23-30(7)8)48(67)57-43(32(11)12)49(68)55-38(26-42(61)62)47(66)53-36(22-29(5)6)46(65)56-39(24-31(9)10)50(69)70-33/h27-39,43H,13-26H2,1-12H3,(H,51,58)(H,52,63)(H,53,66)(H,54,64)(H,55,68)(H,56,65)(H,57,67)(H,59,60)(H,61,62)/t33?,34-,35-,36-,37-,38-,39-,43-/m0/s1. The maximum atomic E-state index is 14.1. The van der Waals surface area contributed by atoms with Crippen molar-refractivity contribution in [1.82, 2.24) is 37.2 Å². The first-order valence-electron chi connectivity index (χ1n) is 25.3. The lowest BCUT2D eigenvalue weighted by Gasteiger charge is -2.29. The van der Waals surface area contributed by atoms with Crippen LogP contribution in [0.25, 0.3) is 0 Å². The normalized spacial score (nSPS) is 24.5. The molecule has 8 atom stereocenters. The Balaban J connectivity index is 4.01. The Labute approximate surface area is 415 Å². The lowest BCUT2D eigenvalue weighted by molar-refractivity contribution is -0.155. The topological polar surface area (TPSA) is 305 Å². The number of ether oxygens (including phenoxy) is 1. The summed E-state index contributed by atoms with van der Waals surface area (Å²) in [4.78, 5) is 136.